The van der Waals surface area contributed by atoms with Crippen LogP contribution in [0.2, 0.25) is 0 Å². The molecule has 1 aromatic heterocycles. The molecule has 0 saturated carbocycles. The number of piperidine rings is 1. The molecule has 3 nitrogen and oxygen atoms in total. The van der Waals surface area contributed by atoms with E-state index in [2.05, 4.69) is 75.4 Å². The van der Waals surface area contributed by atoms with Crippen LogP contribution in [0.15, 0.2) is 24.3 Å². The molecule has 1 saturated heterocycles. The van der Waals surface area contributed by atoms with Crippen molar-refractivity contribution < 1.29 is 0 Å². The average molecular weight is 410 g/mol. The van der Waals surface area contributed by atoms with Crippen molar-refractivity contribution in [2.75, 3.05) is 19.6 Å². The summed E-state index contributed by atoms with van der Waals surface area (Å²) in [6.07, 6.45) is 6.07. The third-order valence-corrected chi connectivity index (χ3v) is 7.44. The van der Waals surface area contributed by atoms with E-state index in [1.54, 1.807) is 0 Å². The van der Waals surface area contributed by atoms with Crippen LogP contribution in [-0.4, -0.2) is 34.3 Å². The van der Waals surface area contributed by atoms with Gasteiger partial charge in [0.05, 0.1) is 5.69 Å². The number of hydrogen-bond acceptors (Lipinski definition) is 2. The van der Waals surface area contributed by atoms with Crippen LogP contribution in [0.3, 0.4) is 0 Å². The first-order chi connectivity index (χ1) is 14.5. The fourth-order valence-electron chi connectivity index (χ4n) is 5.71. The molecule has 0 amide bonds. The fraction of sp³-hybridized carbons (Fsp3) is 0.667. The van der Waals surface area contributed by atoms with E-state index in [1.165, 1.54) is 73.4 Å². The van der Waals surface area contributed by atoms with Crippen molar-refractivity contribution in [2.24, 2.45) is 5.92 Å². The first kappa shape index (κ1) is 23.1. The van der Waals surface area contributed by atoms with Crippen LogP contribution in [0.1, 0.15) is 93.3 Å². The maximum Gasteiger partial charge on any atom is 0.0654 e. The molecule has 2 heterocycles. The SMILES string of the molecule is CCc1nn(CC)c(C2CCN(C[C@@H](CC)C(CC)c3cccc(C)c3)CC2)c1C. The predicted octanol–water partition coefficient (Wildman–Crippen LogP) is 6.48. The van der Waals surface area contributed by atoms with Crippen LogP contribution in [-0.2, 0) is 13.0 Å². The zero-order valence-electron chi connectivity index (χ0n) is 20.2. The highest BCUT2D eigenvalue weighted by atomic mass is 15.3. The molecule has 2 aromatic rings. The Morgan fingerprint density at radius 2 is 1.77 bits per heavy atom. The summed E-state index contributed by atoms with van der Waals surface area (Å²) in [6, 6.07) is 9.20. The van der Waals surface area contributed by atoms with Gasteiger partial charge in [0.15, 0.2) is 0 Å². The molecule has 1 aliphatic heterocycles. The Hall–Kier alpha value is -1.61. The van der Waals surface area contributed by atoms with Gasteiger partial charge in [-0.25, -0.2) is 0 Å². The van der Waals surface area contributed by atoms with Gasteiger partial charge in [-0.2, -0.15) is 5.10 Å². The lowest BCUT2D eigenvalue weighted by Gasteiger charge is -2.37. The topological polar surface area (TPSA) is 21.1 Å². The van der Waals surface area contributed by atoms with Gasteiger partial charge in [0.1, 0.15) is 0 Å². The molecule has 30 heavy (non-hydrogen) atoms. The predicted molar refractivity (Wildman–Crippen MR) is 128 cm³/mol. The second kappa shape index (κ2) is 10.6. The normalized spacial score (nSPS) is 17.9. The molecule has 1 aliphatic rings. The minimum absolute atomic E-state index is 0.670. The molecule has 0 bridgehead atoms. The molecule has 0 N–H and O–H groups in total. The number of hydrogen-bond donors (Lipinski definition) is 0. The Kier molecular flexibility index (Phi) is 8.16. The van der Waals surface area contributed by atoms with Crippen LogP contribution in [0.4, 0.5) is 0 Å². The summed E-state index contributed by atoms with van der Waals surface area (Å²) >= 11 is 0. The Morgan fingerprint density at radius 3 is 2.33 bits per heavy atom. The van der Waals surface area contributed by atoms with Gasteiger partial charge < -0.3 is 4.90 Å². The standard InChI is InChI=1S/C27H43N3/c1-7-22(25(8-2)24-13-11-12-20(5)18-24)19-29-16-14-23(15-17-29)27-21(6)26(9-3)28-30(27)10-4/h11-13,18,22-23,25H,7-10,14-17,19H2,1-6H3/t22-,25?/m1/s1. The molecule has 1 aromatic carbocycles. The smallest absolute Gasteiger partial charge is 0.0654 e. The van der Waals surface area contributed by atoms with Gasteiger partial charge in [0, 0.05) is 24.7 Å². The summed E-state index contributed by atoms with van der Waals surface area (Å²) in [5.41, 5.74) is 7.19. The van der Waals surface area contributed by atoms with Gasteiger partial charge in [-0.05, 0) is 82.5 Å². The highest BCUT2D eigenvalue weighted by molar-refractivity contribution is 5.29. The van der Waals surface area contributed by atoms with E-state index in [0.717, 1.165) is 18.9 Å². The minimum Gasteiger partial charge on any atom is -0.303 e. The third-order valence-electron chi connectivity index (χ3n) is 7.44. The van der Waals surface area contributed by atoms with Crippen LogP contribution >= 0.6 is 0 Å². The summed E-state index contributed by atoms with van der Waals surface area (Å²) in [5, 5.41) is 4.88. The highest BCUT2D eigenvalue weighted by Crippen LogP contribution is 2.35. The Bertz CT molecular complexity index is 798. The molecule has 1 fully saturated rings. The first-order valence-corrected chi connectivity index (χ1v) is 12.4. The number of aryl methyl sites for hydroxylation is 3. The van der Waals surface area contributed by atoms with Gasteiger partial charge in [-0.1, -0.05) is 57.0 Å². The van der Waals surface area contributed by atoms with Crippen LogP contribution < -0.4 is 0 Å². The monoisotopic (exact) mass is 409 g/mol. The Labute approximate surface area is 184 Å². The summed E-state index contributed by atoms with van der Waals surface area (Å²) in [4.78, 5) is 2.74. The Balaban J connectivity index is 1.65. The van der Waals surface area contributed by atoms with Crippen LogP contribution in [0.5, 0.6) is 0 Å². The maximum absolute atomic E-state index is 4.88. The summed E-state index contributed by atoms with van der Waals surface area (Å²) in [5.74, 6) is 2.08. The third kappa shape index (κ3) is 4.99. The molecule has 3 rings (SSSR count). The van der Waals surface area contributed by atoms with E-state index in [4.69, 9.17) is 5.10 Å². The lowest BCUT2D eigenvalue weighted by molar-refractivity contribution is 0.165. The largest absolute Gasteiger partial charge is 0.303 e. The van der Waals surface area contributed by atoms with Crippen molar-refractivity contribution in [1.29, 1.82) is 0 Å². The summed E-state index contributed by atoms with van der Waals surface area (Å²) in [7, 11) is 0. The quantitative estimate of drug-likeness (QED) is 0.472. The molecular weight excluding hydrogens is 366 g/mol. The number of aromatic nitrogens is 2. The van der Waals surface area contributed by atoms with Crippen molar-refractivity contribution >= 4 is 0 Å². The number of likely N-dealkylation sites (tertiary alicyclic amines) is 1. The molecule has 166 valence electrons. The van der Waals surface area contributed by atoms with Crippen molar-refractivity contribution in [3.8, 4) is 0 Å². The van der Waals surface area contributed by atoms with Crippen molar-refractivity contribution in [2.45, 2.75) is 92.0 Å². The highest BCUT2D eigenvalue weighted by Gasteiger charge is 2.29. The maximum atomic E-state index is 4.88. The van der Waals surface area contributed by atoms with Crippen molar-refractivity contribution in [1.82, 2.24) is 14.7 Å². The van der Waals surface area contributed by atoms with E-state index in [0.29, 0.717) is 11.8 Å². The number of benzene rings is 1. The van der Waals surface area contributed by atoms with Crippen molar-refractivity contribution in [3.63, 3.8) is 0 Å². The first-order valence-electron chi connectivity index (χ1n) is 12.4. The van der Waals surface area contributed by atoms with Gasteiger partial charge in [-0.15, -0.1) is 0 Å². The van der Waals surface area contributed by atoms with E-state index in [9.17, 15) is 0 Å². The van der Waals surface area contributed by atoms with Gasteiger partial charge in [-0.3, -0.25) is 4.68 Å². The molecule has 2 atom stereocenters. The van der Waals surface area contributed by atoms with Crippen LogP contribution in [0.25, 0.3) is 0 Å². The lowest BCUT2D eigenvalue weighted by atomic mass is 9.81. The van der Waals surface area contributed by atoms with E-state index in [-0.39, 0.29) is 0 Å². The van der Waals surface area contributed by atoms with Crippen LogP contribution in [0, 0.1) is 19.8 Å². The average Bonchev–Trinajstić information content (AvgIpc) is 3.09. The minimum atomic E-state index is 0.670. The zero-order valence-corrected chi connectivity index (χ0v) is 20.2. The zero-order chi connectivity index (χ0) is 21.7. The fourth-order valence-corrected chi connectivity index (χ4v) is 5.71. The van der Waals surface area contributed by atoms with Gasteiger partial charge >= 0.3 is 0 Å². The Morgan fingerprint density at radius 1 is 1.03 bits per heavy atom. The second-order valence-corrected chi connectivity index (χ2v) is 9.30. The van der Waals surface area contributed by atoms with Gasteiger partial charge in [0.25, 0.3) is 0 Å². The van der Waals surface area contributed by atoms with E-state index >= 15 is 0 Å². The summed E-state index contributed by atoms with van der Waals surface area (Å²) < 4.78 is 2.29. The molecule has 0 radical (unpaired) electrons. The lowest BCUT2D eigenvalue weighted by Crippen LogP contribution is -2.38. The van der Waals surface area contributed by atoms with Crippen molar-refractivity contribution in [3.05, 3.63) is 52.3 Å². The molecule has 1 unspecified atom stereocenters. The summed E-state index contributed by atoms with van der Waals surface area (Å²) in [6.45, 7) is 18.4. The molecule has 3 heteroatoms. The number of rotatable bonds is 9. The van der Waals surface area contributed by atoms with E-state index < -0.39 is 0 Å². The second-order valence-electron chi connectivity index (χ2n) is 9.30. The van der Waals surface area contributed by atoms with E-state index in [1.807, 2.05) is 0 Å². The molecule has 0 aliphatic carbocycles. The van der Waals surface area contributed by atoms with Gasteiger partial charge in [0.2, 0.25) is 0 Å². The molecule has 0 spiro atoms. The number of nitrogens with zero attached hydrogens (tertiary/aromatic N) is 3. The molecular formula is C27H43N3.